The van der Waals surface area contributed by atoms with Crippen LogP contribution in [0.2, 0.25) is 0 Å². The topological polar surface area (TPSA) is 78.5 Å². The van der Waals surface area contributed by atoms with Crippen molar-refractivity contribution in [3.05, 3.63) is 46.4 Å². The highest BCUT2D eigenvalue weighted by molar-refractivity contribution is 7.10. The Morgan fingerprint density at radius 1 is 1.23 bits per heavy atom. The van der Waals surface area contributed by atoms with Crippen LogP contribution in [0.3, 0.4) is 0 Å². The number of piperidine rings is 1. The van der Waals surface area contributed by atoms with Crippen molar-refractivity contribution < 1.29 is 18.3 Å². The molecule has 3 N–H and O–H groups in total. The van der Waals surface area contributed by atoms with Gasteiger partial charge >= 0.3 is 6.61 Å². The molecule has 0 spiro atoms. The van der Waals surface area contributed by atoms with E-state index >= 15 is 0 Å². The van der Waals surface area contributed by atoms with Crippen molar-refractivity contribution >= 4 is 17.2 Å². The van der Waals surface area contributed by atoms with Crippen molar-refractivity contribution in [3.8, 4) is 17.0 Å². The molecule has 2 unspecified atom stereocenters. The van der Waals surface area contributed by atoms with Gasteiger partial charge < -0.3 is 15.4 Å². The van der Waals surface area contributed by atoms with Gasteiger partial charge in [0, 0.05) is 35.2 Å². The highest BCUT2D eigenvalue weighted by atomic mass is 32.1. The molecule has 1 aromatic carbocycles. The standard InChI is InChI=1S/C21H23F2N5O2S/c22-21(23)30-17-4-2-1-3-13(17)15-11-31-20(26-15)14-10-25-28-16(9-18(29)27-19(14)28)12-5-7-24-8-6-12/h1-4,9,11-12,14,19,21,24-25H,5-8,10H2,(H,27,29). The molecular weight excluding hydrogens is 424 g/mol. The highest BCUT2D eigenvalue weighted by Crippen LogP contribution is 2.38. The molecule has 2 aromatic rings. The van der Waals surface area contributed by atoms with Crippen LogP contribution in [-0.4, -0.2) is 48.3 Å². The van der Waals surface area contributed by atoms with Gasteiger partial charge in [0.25, 0.3) is 0 Å². The summed E-state index contributed by atoms with van der Waals surface area (Å²) in [6, 6.07) is 6.65. The van der Waals surface area contributed by atoms with Crippen molar-refractivity contribution in [1.29, 1.82) is 0 Å². The van der Waals surface area contributed by atoms with Gasteiger partial charge in [-0.15, -0.1) is 11.3 Å². The number of hydrazine groups is 1. The van der Waals surface area contributed by atoms with Crippen LogP contribution in [0.25, 0.3) is 11.3 Å². The average molecular weight is 448 g/mol. The number of halogens is 2. The monoisotopic (exact) mass is 447 g/mol. The lowest BCUT2D eigenvalue weighted by atomic mass is 9.92. The number of carbonyl (C=O) groups is 1. The van der Waals surface area contributed by atoms with Crippen LogP contribution in [0, 0.1) is 5.92 Å². The van der Waals surface area contributed by atoms with Gasteiger partial charge in [-0.05, 0) is 38.1 Å². The maximum atomic E-state index is 12.8. The summed E-state index contributed by atoms with van der Waals surface area (Å²) in [7, 11) is 0. The van der Waals surface area contributed by atoms with E-state index in [2.05, 4.69) is 25.8 Å². The number of allylic oxidation sites excluding steroid dienone is 1. The number of hydrogen-bond acceptors (Lipinski definition) is 7. The highest BCUT2D eigenvalue weighted by Gasteiger charge is 2.43. The minimum atomic E-state index is -2.90. The van der Waals surface area contributed by atoms with Crippen LogP contribution in [0.1, 0.15) is 23.8 Å². The second-order valence-corrected chi connectivity index (χ2v) is 8.72. The Balaban J connectivity index is 1.39. The Labute approximate surface area is 182 Å². The van der Waals surface area contributed by atoms with E-state index in [-0.39, 0.29) is 23.7 Å². The molecule has 3 aliphatic rings. The largest absolute Gasteiger partial charge is 0.434 e. The first-order valence-electron chi connectivity index (χ1n) is 10.4. The van der Waals surface area contributed by atoms with E-state index in [1.807, 2.05) is 5.38 Å². The van der Waals surface area contributed by atoms with Gasteiger partial charge in [-0.1, -0.05) is 12.1 Å². The van der Waals surface area contributed by atoms with Crippen molar-refractivity contribution in [1.82, 2.24) is 26.1 Å². The second-order valence-electron chi connectivity index (χ2n) is 7.83. The van der Waals surface area contributed by atoms with E-state index in [4.69, 9.17) is 4.98 Å². The fourth-order valence-corrected chi connectivity index (χ4v) is 5.46. The van der Waals surface area contributed by atoms with Crippen LogP contribution in [0.4, 0.5) is 8.78 Å². The number of alkyl halides is 2. The molecule has 2 saturated heterocycles. The van der Waals surface area contributed by atoms with Crippen LogP contribution < -0.4 is 20.8 Å². The number of rotatable bonds is 5. The van der Waals surface area contributed by atoms with Gasteiger partial charge in [0.2, 0.25) is 5.91 Å². The number of thiazole rings is 1. The van der Waals surface area contributed by atoms with Crippen LogP contribution in [0.15, 0.2) is 41.4 Å². The summed E-state index contributed by atoms with van der Waals surface area (Å²) in [5.41, 5.74) is 5.58. The predicted octanol–water partition coefficient (Wildman–Crippen LogP) is 2.65. The number of benzene rings is 1. The minimum Gasteiger partial charge on any atom is -0.434 e. The first kappa shape index (κ1) is 20.3. The van der Waals surface area contributed by atoms with E-state index in [1.165, 1.54) is 17.4 Å². The molecule has 2 atom stereocenters. The zero-order chi connectivity index (χ0) is 21.4. The van der Waals surface area contributed by atoms with Crippen molar-refractivity contribution in [2.45, 2.75) is 31.5 Å². The average Bonchev–Trinajstić information content (AvgIpc) is 3.41. The van der Waals surface area contributed by atoms with E-state index in [0.29, 0.717) is 23.7 Å². The zero-order valence-corrected chi connectivity index (χ0v) is 17.5. The molecule has 7 nitrogen and oxygen atoms in total. The lowest BCUT2D eigenvalue weighted by Crippen LogP contribution is -2.53. The Morgan fingerprint density at radius 2 is 2.03 bits per heavy atom. The molecule has 1 amide bonds. The van der Waals surface area contributed by atoms with Crippen molar-refractivity contribution in [3.63, 3.8) is 0 Å². The van der Waals surface area contributed by atoms with E-state index < -0.39 is 6.61 Å². The smallest absolute Gasteiger partial charge is 0.387 e. The van der Waals surface area contributed by atoms with Crippen LogP contribution in [-0.2, 0) is 4.79 Å². The van der Waals surface area contributed by atoms with Crippen molar-refractivity contribution in [2.24, 2.45) is 5.92 Å². The Kier molecular flexibility index (Phi) is 5.59. The number of para-hydroxylation sites is 1. The lowest BCUT2D eigenvalue weighted by Gasteiger charge is -2.38. The first-order valence-corrected chi connectivity index (χ1v) is 11.2. The number of hydrogen-bond donors (Lipinski definition) is 3. The van der Waals surface area contributed by atoms with Gasteiger partial charge in [-0.2, -0.15) is 8.78 Å². The number of ether oxygens (including phenoxy) is 1. The second kappa shape index (κ2) is 8.52. The van der Waals surface area contributed by atoms with Gasteiger partial charge in [-0.25, -0.2) is 10.4 Å². The quantitative estimate of drug-likeness (QED) is 0.654. The normalized spacial score (nSPS) is 24.2. The maximum absolute atomic E-state index is 12.8. The SMILES string of the molecule is O=C1C=C(C2CCNCC2)N2NCC(c3nc(-c4ccccc4OC(F)F)cs3)C2N1. The van der Waals surface area contributed by atoms with Crippen LogP contribution in [0.5, 0.6) is 5.75 Å². The molecule has 0 aliphatic carbocycles. The number of fused-ring (bicyclic) bond motifs is 1. The fourth-order valence-electron chi connectivity index (χ4n) is 4.51. The Hall–Kier alpha value is -2.56. The summed E-state index contributed by atoms with van der Waals surface area (Å²) in [6.07, 6.45) is 3.47. The van der Waals surface area contributed by atoms with Crippen LogP contribution >= 0.6 is 11.3 Å². The molecule has 164 valence electrons. The number of nitrogens with zero attached hydrogens (tertiary/aromatic N) is 2. The molecule has 5 rings (SSSR count). The van der Waals surface area contributed by atoms with E-state index in [0.717, 1.165) is 36.6 Å². The van der Waals surface area contributed by atoms with Crippen molar-refractivity contribution in [2.75, 3.05) is 19.6 Å². The van der Waals surface area contributed by atoms with Gasteiger partial charge in [0.1, 0.15) is 16.9 Å². The zero-order valence-electron chi connectivity index (χ0n) is 16.7. The number of aromatic nitrogens is 1. The Morgan fingerprint density at radius 3 is 2.84 bits per heavy atom. The fraction of sp³-hybridized carbons (Fsp3) is 0.429. The maximum Gasteiger partial charge on any atom is 0.387 e. The summed E-state index contributed by atoms with van der Waals surface area (Å²) < 4.78 is 30.2. The molecule has 0 saturated carbocycles. The number of carbonyl (C=O) groups excluding carboxylic acids is 1. The third-order valence-electron chi connectivity index (χ3n) is 5.96. The molecule has 0 bridgehead atoms. The molecular formula is C21H23F2N5O2S. The third-order valence-corrected chi connectivity index (χ3v) is 6.94. The molecule has 3 aliphatic heterocycles. The molecule has 4 heterocycles. The summed E-state index contributed by atoms with van der Waals surface area (Å²) in [5.74, 6) is 0.307. The minimum absolute atomic E-state index is 0.0451. The lowest BCUT2D eigenvalue weighted by molar-refractivity contribution is -0.119. The van der Waals surface area contributed by atoms with E-state index in [1.54, 1.807) is 24.3 Å². The molecule has 2 fully saturated rings. The first-order chi connectivity index (χ1) is 15.1. The number of amides is 1. The summed E-state index contributed by atoms with van der Waals surface area (Å²) in [4.78, 5) is 17.2. The molecule has 1 aromatic heterocycles. The number of nitrogens with one attached hydrogen (secondary N) is 3. The molecule has 31 heavy (non-hydrogen) atoms. The van der Waals surface area contributed by atoms with Gasteiger partial charge in [-0.3, -0.25) is 9.80 Å². The molecule has 0 radical (unpaired) electrons. The van der Waals surface area contributed by atoms with Gasteiger partial charge in [0.05, 0.1) is 11.6 Å². The summed E-state index contributed by atoms with van der Waals surface area (Å²) in [5, 5.41) is 11.2. The summed E-state index contributed by atoms with van der Waals surface area (Å²) in [6.45, 7) is -0.372. The van der Waals surface area contributed by atoms with E-state index in [9.17, 15) is 13.6 Å². The third kappa shape index (κ3) is 4.02. The summed E-state index contributed by atoms with van der Waals surface area (Å²) >= 11 is 1.46. The predicted molar refractivity (Wildman–Crippen MR) is 112 cm³/mol. The molecule has 10 heteroatoms. The Bertz CT molecular complexity index is 992. The van der Waals surface area contributed by atoms with Gasteiger partial charge in [0.15, 0.2) is 0 Å².